The number of benzene rings is 1. The van der Waals surface area contributed by atoms with E-state index in [1.165, 1.54) is 11.2 Å². The van der Waals surface area contributed by atoms with E-state index in [1.807, 2.05) is 13.0 Å². The van der Waals surface area contributed by atoms with Gasteiger partial charge in [-0.3, -0.25) is 14.5 Å². The summed E-state index contributed by atoms with van der Waals surface area (Å²) >= 11 is 0. The highest BCUT2D eigenvalue weighted by atomic mass is 16.5. The molecule has 2 fully saturated rings. The lowest BCUT2D eigenvalue weighted by Crippen LogP contribution is -2.58. The van der Waals surface area contributed by atoms with E-state index in [4.69, 9.17) is 9.15 Å². The number of carbonyl (C=O) groups is 3. The van der Waals surface area contributed by atoms with E-state index in [0.29, 0.717) is 31.5 Å². The highest BCUT2D eigenvalue weighted by Crippen LogP contribution is 2.38. The van der Waals surface area contributed by atoms with Gasteiger partial charge in [0.05, 0.1) is 12.9 Å². The highest BCUT2D eigenvalue weighted by molar-refractivity contribution is 5.97. The summed E-state index contributed by atoms with van der Waals surface area (Å²) in [7, 11) is 0. The Kier molecular flexibility index (Phi) is 4.87. The van der Waals surface area contributed by atoms with Crippen molar-refractivity contribution in [3.05, 3.63) is 59.5 Å². The maximum atomic E-state index is 13.3. The number of piperidine rings is 1. The van der Waals surface area contributed by atoms with E-state index in [0.717, 1.165) is 5.56 Å². The zero-order valence-electron chi connectivity index (χ0n) is 16.0. The summed E-state index contributed by atoms with van der Waals surface area (Å²) in [5.74, 6) is -1.44. The number of rotatable bonds is 3. The van der Waals surface area contributed by atoms with Gasteiger partial charge in [0.25, 0.3) is 11.8 Å². The number of hydrogen-bond acceptors (Lipinski definition) is 5. The number of nitrogens with zero attached hydrogens (tertiary/aromatic N) is 2. The number of aliphatic carboxylic acids is 1. The summed E-state index contributed by atoms with van der Waals surface area (Å²) in [5.41, 5.74) is 0.301. The molecule has 2 aromatic rings. The van der Waals surface area contributed by atoms with Gasteiger partial charge in [0.1, 0.15) is 5.72 Å². The Morgan fingerprint density at radius 1 is 1.10 bits per heavy atom. The molecule has 29 heavy (non-hydrogen) atoms. The largest absolute Gasteiger partial charge is 0.480 e. The molecule has 3 heterocycles. The van der Waals surface area contributed by atoms with Crippen LogP contribution in [-0.4, -0.2) is 64.2 Å². The Bertz CT molecular complexity index is 930. The molecular formula is C21H22N2O6. The van der Waals surface area contributed by atoms with Crippen molar-refractivity contribution in [2.24, 2.45) is 0 Å². The van der Waals surface area contributed by atoms with Gasteiger partial charge in [-0.1, -0.05) is 17.7 Å². The van der Waals surface area contributed by atoms with Crippen LogP contribution in [0.1, 0.15) is 39.3 Å². The first-order valence-electron chi connectivity index (χ1n) is 9.51. The van der Waals surface area contributed by atoms with Crippen LogP contribution in [0.3, 0.4) is 0 Å². The van der Waals surface area contributed by atoms with E-state index in [2.05, 4.69) is 0 Å². The molecular weight excluding hydrogens is 376 g/mol. The number of carboxylic acids is 1. The lowest BCUT2D eigenvalue weighted by Gasteiger charge is -2.44. The number of carbonyl (C=O) groups excluding carboxylic acids is 2. The van der Waals surface area contributed by atoms with Crippen LogP contribution in [0.2, 0.25) is 0 Å². The molecule has 0 saturated carbocycles. The third-order valence-corrected chi connectivity index (χ3v) is 5.59. The van der Waals surface area contributed by atoms with Crippen molar-refractivity contribution in [1.82, 2.24) is 9.80 Å². The number of ether oxygens (including phenoxy) is 1. The molecule has 2 aliphatic rings. The van der Waals surface area contributed by atoms with Crippen molar-refractivity contribution >= 4 is 17.8 Å². The minimum absolute atomic E-state index is 0.0704. The van der Waals surface area contributed by atoms with Crippen LogP contribution in [0.4, 0.5) is 0 Å². The molecule has 152 valence electrons. The predicted molar refractivity (Wildman–Crippen MR) is 101 cm³/mol. The summed E-state index contributed by atoms with van der Waals surface area (Å²) < 4.78 is 11.1. The first-order valence-corrected chi connectivity index (χ1v) is 9.51. The Morgan fingerprint density at radius 2 is 1.86 bits per heavy atom. The molecule has 2 aliphatic heterocycles. The third-order valence-electron chi connectivity index (χ3n) is 5.59. The fraction of sp³-hybridized carbons (Fsp3) is 0.381. The monoisotopic (exact) mass is 398 g/mol. The molecule has 1 atom stereocenters. The highest BCUT2D eigenvalue weighted by Gasteiger charge is 2.54. The van der Waals surface area contributed by atoms with Crippen molar-refractivity contribution in [1.29, 1.82) is 0 Å². The summed E-state index contributed by atoms with van der Waals surface area (Å²) in [6.45, 7) is 2.48. The van der Waals surface area contributed by atoms with Gasteiger partial charge in [-0.05, 0) is 31.2 Å². The predicted octanol–water partition coefficient (Wildman–Crippen LogP) is 2.15. The van der Waals surface area contributed by atoms with E-state index in [9.17, 15) is 19.5 Å². The number of furan rings is 1. The second-order valence-corrected chi connectivity index (χ2v) is 7.43. The molecule has 2 amide bonds. The minimum Gasteiger partial charge on any atom is -0.480 e. The number of hydrogen-bond donors (Lipinski definition) is 1. The first-order chi connectivity index (χ1) is 13.9. The molecule has 8 heteroatoms. The lowest BCUT2D eigenvalue weighted by atomic mass is 9.96. The fourth-order valence-corrected chi connectivity index (χ4v) is 4.09. The van der Waals surface area contributed by atoms with Crippen molar-refractivity contribution in [3.8, 4) is 0 Å². The molecule has 1 spiro atoms. The van der Waals surface area contributed by atoms with Crippen LogP contribution in [0, 0.1) is 6.92 Å². The van der Waals surface area contributed by atoms with Crippen LogP contribution in [0.15, 0.2) is 47.1 Å². The first kappa shape index (κ1) is 19.2. The average Bonchev–Trinajstić information content (AvgIpc) is 3.36. The molecule has 0 radical (unpaired) electrons. The van der Waals surface area contributed by atoms with Gasteiger partial charge in [0, 0.05) is 31.5 Å². The molecule has 0 bridgehead atoms. The number of likely N-dealkylation sites (tertiary alicyclic amines) is 1. The molecule has 1 aromatic carbocycles. The zero-order valence-corrected chi connectivity index (χ0v) is 16.0. The number of amides is 2. The van der Waals surface area contributed by atoms with Crippen LogP contribution in [0.5, 0.6) is 0 Å². The van der Waals surface area contributed by atoms with Gasteiger partial charge in [0.15, 0.2) is 11.8 Å². The van der Waals surface area contributed by atoms with E-state index in [-0.39, 0.29) is 24.2 Å². The van der Waals surface area contributed by atoms with Gasteiger partial charge in [-0.2, -0.15) is 0 Å². The van der Waals surface area contributed by atoms with Gasteiger partial charge < -0.3 is 19.2 Å². The SMILES string of the molecule is Cc1cccc(C(=O)N2[C@@H](C(=O)O)COC23CCN(C(=O)c2ccco2)CC3)c1. The summed E-state index contributed by atoms with van der Waals surface area (Å²) in [6, 6.07) is 9.26. The minimum atomic E-state index is -1.10. The number of aryl methyl sites for hydroxylation is 1. The maximum absolute atomic E-state index is 13.3. The standard InChI is InChI=1S/C21H22N2O6/c1-14-4-2-5-15(12-14)18(24)23-16(20(26)27)13-29-21(23)7-9-22(10-8-21)19(25)17-6-3-11-28-17/h2-6,11-12,16H,7-10,13H2,1H3,(H,26,27)/t16-/m1/s1. The molecule has 0 unspecified atom stereocenters. The van der Waals surface area contributed by atoms with Crippen molar-refractivity contribution in [2.45, 2.75) is 31.5 Å². The molecule has 0 aliphatic carbocycles. The van der Waals surface area contributed by atoms with Gasteiger partial charge >= 0.3 is 5.97 Å². The smallest absolute Gasteiger partial charge is 0.328 e. The molecule has 1 N–H and O–H groups in total. The molecule has 2 saturated heterocycles. The average molecular weight is 398 g/mol. The molecule has 8 nitrogen and oxygen atoms in total. The second kappa shape index (κ2) is 7.36. The van der Waals surface area contributed by atoms with Crippen LogP contribution >= 0.6 is 0 Å². The Morgan fingerprint density at radius 3 is 2.48 bits per heavy atom. The van der Waals surface area contributed by atoms with Gasteiger partial charge in [-0.15, -0.1) is 0 Å². The van der Waals surface area contributed by atoms with E-state index >= 15 is 0 Å². The van der Waals surface area contributed by atoms with Crippen LogP contribution in [-0.2, 0) is 9.53 Å². The Hall–Kier alpha value is -3.13. The topological polar surface area (TPSA) is 100 Å². The van der Waals surface area contributed by atoms with E-state index < -0.39 is 17.7 Å². The van der Waals surface area contributed by atoms with Crippen LogP contribution in [0.25, 0.3) is 0 Å². The second-order valence-electron chi connectivity index (χ2n) is 7.43. The fourth-order valence-electron chi connectivity index (χ4n) is 4.09. The van der Waals surface area contributed by atoms with Crippen LogP contribution < -0.4 is 0 Å². The quantitative estimate of drug-likeness (QED) is 0.850. The molecule has 4 rings (SSSR count). The zero-order chi connectivity index (χ0) is 20.6. The normalized spacial score (nSPS) is 20.8. The third kappa shape index (κ3) is 3.40. The maximum Gasteiger partial charge on any atom is 0.328 e. The lowest BCUT2D eigenvalue weighted by molar-refractivity contribution is -0.143. The summed E-state index contributed by atoms with van der Waals surface area (Å²) in [4.78, 5) is 40.6. The van der Waals surface area contributed by atoms with Crippen molar-refractivity contribution < 1.29 is 28.6 Å². The number of carboxylic acid groups (broad SMARTS) is 1. The van der Waals surface area contributed by atoms with Gasteiger partial charge in [-0.25, -0.2) is 4.79 Å². The Labute approximate surface area is 167 Å². The summed E-state index contributed by atoms with van der Waals surface area (Å²) in [6.07, 6.45) is 2.11. The van der Waals surface area contributed by atoms with E-state index in [1.54, 1.807) is 35.2 Å². The van der Waals surface area contributed by atoms with Gasteiger partial charge in [0.2, 0.25) is 0 Å². The van der Waals surface area contributed by atoms with Crippen molar-refractivity contribution in [2.75, 3.05) is 19.7 Å². The summed E-state index contributed by atoms with van der Waals surface area (Å²) in [5, 5.41) is 9.66. The van der Waals surface area contributed by atoms with Crippen molar-refractivity contribution in [3.63, 3.8) is 0 Å². The molecule has 1 aromatic heterocycles. The Balaban J connectivity index is 1.58.